The zero-order valence-electron chi connectivity index (χ0n) is 16.6. The zero-order chi connectivity index (χ0) is 20.3. The van der Waals surface area contributed by atoms with Crippen LogP contribution < -0.4 is 0 Å². The molecule has 0 amide bonds. The van der Waals surface area contributed by atoms with E-state index in [-0.39, 0.29) is 11.9 Å². The molecule has 29 heavy (non-hydrogen) atoms. The number of esters is 1. The Kier molecular flexibility index (Phi) is 5.73. The molecule has 1 fully saturated rings. The van der Waals surface area contributed by atoms with Gasteiger partial charge >= 0.3 is 5.97 Å². The summed E-state index contributed by atoms with van der Waals surface area (Å²) in [5.41, 5.74) is 2.63. The highest BCUT2D eigenvalue weighted by atomic mass is 35.5. The van der Waals surface area contributed by atoms with Crippen molar-refractivity contribution in [2.75, 3.05) is 0 Å². The predicted molar refractivity (Wildman–Crippen MR) is 117 cm³/mol. The van der Waals surface area contributed by atoms with Crippen LogP contribution >= 0.6 is 11.6 Å². The zero-order valence-corrected chi connectivity index (χ0v) is 17.4. The van der Waals surface area contributed by atoms with E-state index < -0.39 is 5.60 Å². The Bertz CT molecular complexity index is 975. The molecule has 0 saturated heterocycles. The van der Waals surface area contributed by atoms with E-state index in [4.69, 9.17) is 16.3 Å². The molecule has 0 aliphatic heterocycles. The minimum atomic E-state index is -1.09. The molecule has 4 rings (SSSR count). The van der Waals surface area contributed by atoms with Gasteiger partial charge in [0.25, 0.3) is 0 Å². The topological polar surface area (TPSA) is 26.3 Å². The standard InChI is InChI=1S/C26H25ClO2/c1-19-15-17-22(18-16-19)26(21-11-3-2-4-12-21,23-13-7-8-14-24(23)27)29-25(28)20-9-5-6-10-20/h2-4,7-8,11-18,20H,5-6,9-10H2,1H3. The fourth-order valence-electron chi connectivity index (χ4n) is 4.25. The predicted octanol–water partition coefficient (Wildman–Crippen LogP) is 6.67. The van der Waals surface area contributed by atoms with Crippen molar-refractivity contribution in [3.8, 4) is 0 Å². The number of rotatable bonds is 5. The van der Waals surface area contributed by atoms with Crippen molar-refractivity contribution in [3.05, 3.63) is 106 Å². The molecule has 3 aromatic rings. The van der Waals surface area contributed by atoms with Crippen LogP contribution in [0.2, 0.25) is 5.02 Å². The Labute approximate surface area is 177 Å². The first-order valence-electron chi connectivity index (χ1n) is 10.2. The number of benzene rings is 3. The second kappa shape index (κ2) is 8.42. The molecule has 0 bridgehead atoms. The van der Waals surface area contributed by atoms with Gasteiger partial charge in [-0.15, -0.1) is 0 Å². The maximum Gasteiger partial charge on any atom is 0.310 e. The Morgan fingerprint density at radius 3 is 2.10 bits per heavy atom. The monoisotopic (exact) mass is 404 g/mol. The maximum atomic E-state index is 13.3. The summed E-state index contributed by atoms with van der Waals surface area (Å²) in [6.45, 7) is 2.05. The number of halogens is 1. The third-order valence-corrected chi connectivity index (χ3v) is 6.16. The molecule has 1 aliphatic rings. The van der Waals surface area contributed by atoms with Gasteiger partial charge in [-0.3, -0.25) is 4.79 Å². The van der Waals surface area contributed by atoms with Crippen LogP contribution in [0.15, 0.2) is 78.9 Å². The molecule has 2 nitrogen and oxygen atoms in total. The van der Waals surface area contributed by atoms with E-state index in [1.807, 2.05) is 85.8 Å². The Hall–Kier alpha value is -2.58. The first-order chi connectivity index (χ1) is 14.1. The lowest BCUT2D eigenvalue weighted by molar-refractivity contribution is -0.158. The number of carbonyl (C=O) groups is 1. The minimum absolute atomic E-state index is 0.0500. The molecule has 0 spiro atoms. The van der Waals surface area contributed by atoms with E-state index in [0.29, 0.717) is 5.02 Å². The van der Waals surface area contributed by atoms with E-state index in [9.17, 15) is 4.79 Å². The number of hydrogen-bond acceptors (Lipinski definition) is 2. The number of aryl methyl sites for hydroxylation is 1. The van der Waals surface area contributed by atoms with Gasteiger partial charge in [0.2, 0.25) is 0 Å². The molecule has 1 aliphatic carbocycles. The van der Waals surface area contributed by atoms with Crippen molar-refractivity contribution in [3.63, 3.8) is 0 Å². The highest BCUT2D eigenvalue weighted by molar-refractivity contribution is 6.31. The van der Waals surface area contributed by atoms with Crippen LogP contribution in [0.25, 0.3) is 0 Å². The van der Waals surface area contributed by atoms with Crippen molar-refractivity contribution >= 4 is 17.6 Å². The summed E-state index contributed by atoms with van der Waals surface area (Å²) in [6.07, 6.45) is 3.93. The second-order valence-electron chi connectivity index (χ2n) is 7.80. The normalized spacial score (nSPS) is 16.3. The Morgan fingerprint density at radius 2 is 1.45 bits per heavy atom. The smallest absolute Gasteiger partial charge is 0.310 e. The average molecular weight is 405 g/mol. The molecule has 0 N–H and O–H groups in total. The summed E-state index contributed by atoms with van der Waals surface area (Å²) in [5, 5.41) is 0.580. The number of carbonyl (C=O) groups excluding carboxylic acids is 1. The van der Waals surface area contributed by atoms with Gasteiger partial charge in [-0.05, 0) is 25.8 Å². The lowest BCUT2D eigenvalue weighted by Crippen LogP contribution is -2.37. The van der Waals surface area contributed by atoms with E-state index in [2.05, 4.69) is 0 Å². The van der Waals surface area contributed by atoms with Gasteiger partial charge in [0, 0.05) is 21.7 Å². The van der Waals surface area contributed by atoms with Gasteiger partial charge in [-0.25, -0.2) is 0 Å². The molecular weight excluding hydrogens is 380 g/mol. The lowest BCUT2D eigenvalue weighted by atomic mass is 9.79. The summed E-state index contributed by atoms with van der Waals surface area (Å²) in [4.78, 5) is 13.3. The quantitative estimate of drug-likeness (QED) is 0.350. The summed E-state index contributed by atoms with van der Waals surface area (Å²) >= 11 is 6.69. The van der Waals surface area contributed by atoms with Crippen LogP contribution in [0, 0.1) is 12.8 Å². The third kappa shape index (κ3) is 3.82. The van der Waals surface area contributed by atoms with Gasteiger partial charge < -0.3 is 4.74 Å². The van der Waals surface area contributed by atoms with Crippen molar-refractivity contribution in [1.29, 1.82) is 0 Å². The van der Waals surface area contributed by atoms with Gasteiger partial charge in [-0.1, -0.05) is 103 Å². The molecule has 0 heterocycles. The Morgan fingerprint density at radius 1 is 0.862 bits per heavy atom. The first-order valence-corrected chi connectivity index (χ1v) is 10.6. The molecule has 0 aromatic heterocycles. The van der Waals surface area contributed by atoms with Crippen molar-refractivity contribution in [1.82, 2.24) is 0 Å². The molecular formula is C26H25ClO2. The van der Waals surface area contributed by atoms with E-state index in [1.165, 1.54) is 0 Å². The molecule has 3 heteroatoms. The van der Waals surface area contributed by atoms with Crippen LogP contribution in [0.3, 0.4) is 0 Å². The number of ether oxygens (including phenoxy) is 1. The van der Waals surface area contributed by atoms with Crippen molar-refractivity contribution in [2.24, 2.45) is 5.92 Å². The fourth-order valence-corrected chi connectivity index (χ4v) is 4.52. The largest absolute Gasteiger partial charge is 0.444 e. The molecule has 1 atom stereocenters. The molecule has 3 aromatic carbocycles. The van der Waals surface area contributed by atoms with E-state index in [0.717, 1.165) is 47.9 Å². The van der Waals surface area contributed by atoms with Crippen molar-refractivity contribution < 1.29 is 9.53 Å². The fraction of sp³-hybridized carbons (Fsp3) is 0.269. The summed E-state index contributed by atoms with van der Waals surface area (Å²) < 4.78 is 6.48. The van der Waals surface area contributed by atoms with Crippen LogP contribution in [-0.4, -0.2) is 5.97 Å². The molecule has 1 unspecified atom stereocenters. The van der Waals surface area contributed by atoms with Crippen LogP contribution in [0.5, 0.6) is 0 Å². The van der Waals surface area contributed by atoms with Crippen LogP contribution in [0.4, 0.5) is 0 Å². The van der Waals surface area contributed by atoms with Gasteiger partial charge in [0.05, 0.1) is 5.92 Å². The summed E-state index contributed by atoms with van der Waals surface area (Å²) in [5.74, 6) is -0.196. The van der Waals surface area contributed by atoms with Gasteiger partial charge in [0.15, 0.2) is 5.60 Å². The van der Waals surface area contributed by atoms with E-state index >= 15 is 0 Å². The van der Waals surface area contributed by atoms with Crippen LogP contribution in [0.1, 0.15) is 47.9 Å². The summed E-state index contributed by atoms with van der Waals surface area (Å²) in [6, 6.07) is 25.7. The molecule has 148 valence electrons. The minimum Gasteiger partial charge on any atom is -0.444 e. The van der Waals surface area contributed by atoms with E-state index in [1.54, 1.807) is 0 Å². The summed E-state index contributed by atoms with van der Waals surface area (Å²) in [7, 11) is 0. The SMILES string of the molecule is Cc1ccc(C(OC(=O)C2CCCC2)(c2ccccc2)c2ccccc2Cl)cc1. The lowest BCUT2D eigenvalue weighted by Gasteiger charge is -2.36. The van der Waals surface area contributed by atoms with Crippen molar-refractivity contribution in [2.45, 2.75) is 38.2 Å². The number of hydrogen-bond donors (Lipinski definition) is 0. The first kappa shape index (κ1) is 19.7. The second-order valence-corrected chi connectivity index (χ2v) is 8.20. The van der Waals surface area contributed by atoms with Gasteiger partial charge in [0.1, 0.15) is 0 Å². The third-order valence-electron chi connectivity index (χ3n) is 5.83. The highest BCUT2D eigenvalue weighted by Gasteiger charge is 2.43. The van der Waals surface area contributed by atoms with Gasteiger partial charge in [-0.2, -0.15) is 0 Å². The molecule has 1 saturated carbocycles. The maximum absolute atomic E-state index is 13.3. The average Bonchev–Trinajstić information content (AvgIpc) is 3.29. The highest BCUT2D eigenvalue weighted by Crippen LogP contribution is 2.44. The Balaban J connectivity index is 1.95. The van der Waals surface area contributed by atoms with Crippen LogP contribution in [-0.2, 0) is 15.1 Å². The molecule has 0 radical (unpaired) electrons.